The lowest BCUT2D eigenvalue weighted by molar-refractivity contribution is -0.517. The van der Waals surface area contributed by atoms with Gasteiger partial charge in [0.05, 0.1) is 12.1 Å². The average Bonchev–Trinajstić information content (AvgIpc) is 2.27. The van der Waals surface area contributed by atoms with Gasteiger partial charge in [0.15, 0.2) is 5.83 Å². The molecule has 114 valence electrons. The van der Waals surface area contributed by atoms with Crippen molar-refractivity contribution in [1.29, 1.82) is 0 Å². The van der Waals surface area contributed by atoms with Gasteiger partial charge in [-0.2, -0.15) is 0 Å². The molecule has 0 heterocycles. The van der Waals surface area contributed by atoms with Crippen molar-refractivity contribution in [2.75, 3.05) is 7.11 Å². The zero-order valence-corrected chi connectivity index (χ0v) is 11.9. The van der Waals surface area contributed by atoms with Gasteiger partial charge in [-0.3, -0.25) is 10.1 Å². The maximum Gasteiger partial charge on any atom is 0.407 e. The van der Waals surface area contributed by atoms with Crippen LogP contribution in [0.2, 0.25) is 0 Å². The van der Waals surface area contributed by atoms with E-state index in [9.17, 15) is 19.3 Å². The molecule has 3 atom stereocenters. The largest absolute Gasteiger partial charge is 0.444 e. The fourth-order valence-electron chi connectivity index (χ4n) is 1.89. The molecule has 0 aromatic rings. The van der Waals surface area contributed by atoms with E-state index < -0.39 is 40.6 Å². The van der Waals surface area contributed by atoms with Crippen molar-refractivity contribution in [3.63, 3.8) is 0 Å². The number of nitro groups is 1. The lowest BCUT2D eigenvalue weighted by atomic mass is 9.94. The number of carbonyl (C=O) groups excluding carboxylic acids is 1. The Balaban J connectivity index is 2.78. The number of hydrogen-bond acceptors (Lipinski definition) is 5. The van der Waals surface area contributed by atoms with Crippen molar-refractivity contribution < 1.29 is 23.6 Å². The van der Waals surface area contributed by atoms with Crippen LogP contribution in [0.15, 0.2) is 11.9 Å². The molecular formula is C12H19FN2O5. The van der Waals surface area contributed by atoms with E-state index in [1.165, 1.54) is 7.11 Å². The number of hydrogen-bond donors (Lipinski definition) is 1. The van der Waals surface area contributed by atoms with Crippen LogP contribution >= 0.6 is 0 Å². The molecule has 1 amide bonds. The van der Waals surface area contributed by atoms with Crippen molar-refractivity contribution in [3.8, 4) is 0 Å². The van der Waals surface area contributed by atoms with Gasteiger partial charge in [0.25, 0.3) is 6.04 Å². The Kier molecular flexibility index (Phi) is 5.04. The van der Waals surface area contributed by atoms with Crippen molar-refractivity contribution >= 4 is 6.09 Å². The summed E-state index contributed by atoms with van der Waals surface area (Å²) < 4.78 is 23.6. The van der Waals surface area contributed by atoms with Crippen LogP contribution in [-0.4, -0.2) is 41.9 Å². The first kappa shape index (κ1) is 16.4. The Hall–Kier alpha value is -1.70. The maximum absolute atomic E-state index is 13.5. The molecule has 1 aliphatic rings. The third-order valence-electron chi connectivity index (χ3n) is 2.74. The highest BCUT2D eigenvalue weighted by Crippen LogP contribution is 2.24. The van der Waals surface area contributed by atoms with Crippen molar-refractivity contribution in [3.05, 3.63) is 22.0 Å². The number of methoxy groups -OCH3 is 1. The fourth-order valence-corrected chi connectivity index (χ4v) is 1.89. The van der Waals surface area contributed by atoms with E-state index >= 15 is 0 Å². The highest BCUT2D eigenvalue weighted by atomic mass is 19.1. The number of halogens is 1. The molecule has 0 aromatic heterocycles. The predicted octanol–water partition coefficient (Wildman–Crippen LogP) is 1.80. The summed E-state index contributed by atoms with van der Waals surface area (Å²) in [6, 6.07) is -2.19. The first-order chi connectivity index (χ1) is 9.14. The standard InChI is InChI=1S/C12H19FN2O5/c1-12(2,3)20-11(16)14-8-6-9(15(17)18)7(13)5-10(8)19-4/h5,8-10H,6H2,1-4H3,(H,14,16). The van der Waals surface area contributed by atoms with Gasteiger partial charge in [0, 0.05) is 18.5 Å². The van der Waals surface area contributed by atoms with E-state index in [1.807, 2.05) is 0 Å². The van der Waals surface area contributed by atoms with Crippen molar-refractivity contribution in [1.82, 2.24) is 5.32 Å². The average molecular weight is 290 g/mol. The zero-order chi connectivity index (χ0) is 15.5. The molecule has 0 fully saturated rings. The molecule has 0 aromatic carbocycles. The molecule has 0 saturated heterocycles. The number of carbonyl (C=O) groups is 1. The van der Waals surface area contributed by atoms with Crippen LogP contribution in [0.1, 0.15) is 27.2 Å². The van der Waals surface area contributed by atoms with Gasteiger partial charge >= 0.3 is 6.09 Å². The van der Waals surface area contributed by atoms with Gasteiger partial charge in [-0.15, -0.1) is 0 Å². The van der Waals surface area contributed by atoms with Gasteiger partial charge in [-0.05, 0) is 26.8 Å². The third-order valence-corrected chi connectivity index (χ3v) is 2.74. The smallest absolute Gasteiger partial charge is 0.407 e. The summed E-state index contributed by atoms with van der Waals surface area (Å²) in [6.07, 6.45) is -0.660. The number of nitrogens with zero attached hydrogens (tertiary/aromatic N) is 1. The Morgan fingerprint density at radius 3 is 2.60 bits per heavy atom. The number of alkyl carbamates (subject to hydrolysis) is 1. The van der Waals surface area contributed by atoms with E-state index in [4.69, 9.17) is 9.47 Å². The molecule has 7 nitrogen and oxygen atoms in total. The molecule has 0 bridgehead atoms. The van der Waals surface area contributed by atoms with Crippen LogP contribution in [0.5, 0.6) is 0 Å². The van der Waals surface area contributed by atoms with Gasteiger partial charge in [-0.25, -0.2) is 9.18 Å². The van der Waals surface area contributed by atoms with Crippen molar-refractivity contribution in [2.24, 2.45) is 0 Å². The highest BCUT2D eigenvalue weighted by molar-refractivity contribution is 5.68. The second kappa shape index (κ2) is 6.17. The van der Waals surface area contributed by atoms with E-state index in [2.05, 4.69) is 5.32 Å². The highest BCUT2D eigenvalue weighted by Gasteiger charge is 2.39. The fraction of sp³-hybridized carbons (Fsp3) is 0.750. The molecule has 8 heteroatoms. The number of amides is 1. The summed E-state index contributed by atoms with van der Waals surface area (Å²) in [4.78, 5) is 21.7. The summed E-state index contributed by atoms with van der Waals surface area (Å²) in [5, 5.41) is 13.2. The number of ether oxygens (including phenoxy) is 2. The third kappa shape index (κ3) is 4.44. The van der Waals surface area contributed by atoms with E-state index in [-0.39, 0.29) is 6.42 Å². The number of nitrogens with one attached hydrogen (secondary N) is 1. The topological polar surface area (TPSA) is 90.7 Å². The van der Waals surface area contributed by atoms with Crippen molar-refractivity contribution in [2.45, 2.75) is 51.0 Å². The molecular weight excluding hydrogens is 271 g/mol. The van der Waals surface area contributed by atoms with Gasteiger partial charge in [0.2, 0.25) is 0 Å². The zero-order valence-electron chi connectivity index (χ0n) is 11.9. The summed E-state index contributed by atoms with van der Waals surface area (Å²) in [7, 11) is 1.34. The maximum atomic E-state index is 13.5. The molecule has 0 saturated carbocycles. The normalized spacial score (nSPS) is 26.6. The first-order valence-corrected chi connectivity index (χ1v) is 6.17. The Labute approximate surface area is 116 Å². The molecule has 20 heavy (non-hydrogen) atoms. The molecule has 1 N–H and O–H groups in total. The molecule has 1 aliphatic carbocycles. The molecule has 1 rings (SSSR count). The molecule has 0 spiro atoms. The lowest BCUT2D eigenvalue weighted by Crippen LogP contribution is -2.50. The summed E-state index contributed by atoms with van der Waals surface area (Å²) in [5.74, 6) is -0.857. The lowest BCUT2D eigenvalue weighted by Gasteiger charge is -2.30. The van der Waals surface area contributed by atoms with E-state index in [1.54, 1.807) is 20.8 Å². The van der Waals surface area contributed by atoms with Gasteiger partial charge in [0.1, 0.15) is 5.60 Å². The van der Waals surface area contributed by atoms with Crippen LogP contribution in [0.3, 0.4) is 0 Å². The van der Waals surface area contributed by atoms with Crippen LogP contribution in [0.4, 0.5) is 9.18 Å². The molecule has 0 aliphatic heterocycles. The first-order valence-electron chi connectivity index (χ1n) is 6.17. The molecule has 3 unspecified atom stereocenters. The SMILES string of the molecule is COC1C=C(F)C([N+](=O)[O-])CC1NC(=O)OC(C)(C)C. The molecule has 0 radical (unpaired) electrons. The second-order valence-electron chi connectivity index (χ2n) is 5.54. The van der Waals surface area contributed by atoms with Crippen LogP contribution in [-0.2, 0) is 9.47 Å². The van der Waals surface area contributed by atoms with Crippen LogP contribution < -0.4 is 5.32 Å². The van der Waals surface area contributed by atoms with Crippen LogP contribution in [0.25, 0.3) is 0 Å². The quantitative estimate of drug-likeness (QED) is 0.632. The summed E-state index contributed by atoms with van der Waals surface area (Å²) in [6.45, 7) is 5.09. The van der Waals surface area contributed by atoms with Gasteiger partial charge < -0.3 is 14.8 Å². The minimum Gasteiger partial charge on any atom is -0.444 e. The van der Waals surface area contributed by atoms with Crippen LogP contribution in [0, 0.1) is 10.1 Å². The van der Waals surface area contributed by atoms with Gasteiger partial charge in [-0.1, -0.05) is 0 Å². The van der Waals surface area contributed by atoms with E-state index in [0.29, 0.717) is 0 Å². The Bertz CT molecular complexity index is 419. The minimum atomic E-state index is -1.47. The predicted molar refractivity (Wildman–Crippen MR) is 68.5 cm³/mol. The summed E-state index contributed by atoms with van der Waals surface area (Å²) in [5.41, 5.74) is -0.690. The monoisotopic (exact) mass is 290 g/mol. The second-order valence-corrected chi connectivity index (χ2v) is 5.54. The van der Waals surface area contributed by atoms with E-state index in [0.717, 1.165) is 6.08 Å². The minimum absolute atomic E-state index is 0.187. The Morgan fingerprint density at radius 1 is 1.55 bits per heavy atom. The summed E-state index contributed by atoms with van der Waals surface area (Å²) >= 11 is 0. The Morgan fingerprint density at radius 2 is 2.15 bits per heavy atom. The number of rotatable bonds is 3.